The summed E-state index contributed by atoms with van der Waals surface area (Å²) >= 11 is 0. The average molecular weight is 397 g/mol. The predicted octanol–water partition coefficient (Wildman–Crippen LogP) is 2.54. The zero-order valence-corrected chi connectivity index (χ0v) is 14.0. The maximum Gasteiger partial charge on any atom is 0.414 e. The lowest BCUT2D eigenvalue weighted by atomic mass is 10.0. The van der Waals surface area contributed by atoms with Gasteiger partial charge in [-0.25, -0.2) is 22.8 Å². The van der Waals surface area contributed by atoms with Crippen LogP contribution in [-0.4, -0.2) is 52.3 Å². The molecule has 1 aromatic carbocycles. The molecule has 0 aliphatic carbocycles. The van der Waals surface area contributed by atoms with E-state index in [2.05, 4.69) is 4.90 Å². The minimum absolute atomic E-state index is 0.231. The second-order valence-corrected chi connectivity index (χ2v) is 6.27. The molecule has 11 heteroatoms. The van der Waals surface area contributed by atoms with Gasteiger partial charge in [0.2, 0.25) is 29.1 Å². The summed E-state index contributed by atoms with van der Waals surface area (Å²) in [7, 11) is 1.97. The number of aliphatic carboxylic acids is 2. The molecule has 2 fully saturated rings. The summed E-state index contributed by atoms with van der Waals surface area (Å²) in [6, 6.07) is 0.463. The number of carboxylic acids is 2. The summed E-state index contributed by atoms with van der Waals surface area (Å²) in [5.41, 5.74) is 0. The maximum absolute atomic E-state index is 13.6. The zero-order valence-electron chi connectivity index (χ0n) is 14.0. The van der Waals surface area contributed by atoms with Crippen LogP contribution in [0.4, 0.5) is 22.0 Å². The minimum atomic E-state index is -2.17. The Bertz CT molecular complexity index is 704. The third kappa shape index (κ3) is 4.29. The third-order valence-electron chi connectivity index (χ3n) is 4.69. The van der Waals surface area contributed by atoms with Gasteiger partial charge in [0, 0.05) is 12.1 Å². The molecule has 0 radical (unpaired) electrons. The molecule has 0 amide bonds. The highest BCUT2D eigenvalue weighted by molar-refractivity contribution is 6.27. The van der Waals surface area contributed by atoms with E-state index in [1.54, 1.807) is 0 Å². The molecule has 150 valence electrons. The highest BCUT2D eigenvalue weighted by Crippen LogP contribution is 2.37. The van der Waals surface area contributed by atoms with Gasteiger partial charge in [-0.2, -0.15) is 8.78 Å². The first kappa shape index (κ1) is 20.9. The topological polar surface area (TPSA) is 87.1 Å². The highest BCUT2D eigenvalue weighted by Gasteiger charge is 2.40. The normalized spacial score (nSPS) is 24.1. The van der Waals surface area contributed by atoms with Crippen molar-refractivity contribution in [3.63, 3.8) is 0 Å². The van der Waals surface area contributed by atoms with E-state index in [1.807, 2.05) is 7.05 Å². The molecule has 0 spiro atoms. The van der Waals surface area contributed by atoms with Gasteiger partial charge in [0.25, 0.3) is 0 Å². The van der Waals surface area contributed by atoms with Crippen LogP contribution in [0.25, 0.3) is 0 Å². The molecule has 0 aromatic heterocycles. The number of ether oxygens (including phenoxy) is 1. The summed E-state index contributed by atoms with van der Waals surface area (Å²) in [5, 5.41) is 14.8. The van der Waals surface area contributed by atoms with Gasteiger partial charge in [0.1, 0.15) is 6.10 Å². The van der Waals surface area contributed by atoms with E-state index in [-0.39, 0.29) is 12.1 Å². The fourth-order valence-electron chi connectivity index (χ4n) is 3.31. The summed E-state index contributed by atoms with van der Waals surface area (Å²) < 4.78 is 71.6. The van der Waals surface area contributed by atoms with Crippen LogP contribution < -0.4 is 4.74 Å². The van der Waals surface area contributed by atoms with E-state index < -0.39 is 52.9 Å². The number of halogens is 5. The Morgan fingerprint density at radius 3 is 1.59 bits per heavy atom. The molecule has 2 heterocycles. The molecule has 2 aliphatic heterocycles. The first-order valence-corrected chi connectivity index (χ1v) is 7.90. The molecule has 2 N–H and O–H groups in total. The number of hydrogen-bond donors (Lipinski definition) is 2. The number of rotatable bonds is 2. The number of nitrogens with zero attached hydrogens (tertiary/aromatic N) is 1. The van der Waals surface area contributed by atoms with Crippen molar-refractivity contribution in [2.75, 3.05) is 7.05 Å². The number of carbonyl (C=O) groups is 2. The van der Waals surface area contributed by atoms with Crippen molar-refractivity contribution in [3.05, 3.63) is 29.1 Å². The third-order valence-corrected chi connectivity index (χ3v) is 4.69. The van der Waals surface area contributed by atoms with Gasteiger partial charge in [0.05, 0.1) is 0 Å². The van der Waals surface area contributed by atoms with Crippen LogP contribution in [0.5, 0.6) is 5.75 Å². The van der Waals surface area contributed by atoms with Crippen molar-refractivity contribution in [2.24, 2.45) is 0 Å². The van der Waals surface area contributed by atoms with Crippen molar-refractivity contribution in [1.29, 1.82) is 0 Å². The van der Waals surface area contributed by atoms with Crippen LogP contribution in [0.3, 0.4) is 0 Å². The summed E-state index contributed by atoms with van der Waals surface area (Å²) in [5.74, 6) is -14.7. The van der Waals surface area contributed by atoms with E-state index in [0.29, 0.717) is 12.8 Å². The molecule has 6 nitrogen and oxygen atoms in total. The van der Waals surface area contributed by atoms with Crippen molar-refractivity contribution >= 4 is 11.9 Å². The molecule has 27 heavy (non-hydrogen) atoms. The van der Waals surface area contributed by atoms with Crippen LogP contribution in [0.15, 0.2) is 0 Å². The van der Waals surface area contributed by atoms with Gasteiger partial charge in [0.15, 0.2) is 5.75 Å². The lowest BCUT2D eigenvalue weighted by Gasteiger charge is -2.36. The lowest BCUT2D eigenvalue weighted by Crippen LogP contribution is -2.44. The van der Waals surface area contributed by atoms with Crippen LogP contribution in [0.2, 0.25) is 0 Å². The number of benzene rings is 1. The van der Waals surface area contributed by atoms with Crippen molar-refractivity contribution in [1.82, 2.24) is 4.90 Å². The Hall–Kier alpha value is -2.43. The van der Waals surface area contributed by atoms with Crippen molar-refractivity contribution < 1.29 is 46.5 Å². The standard InChI is InChI=1S/C14H14F5NO.C2H2O4/c1-20-6-2-3-7(20)5-8(4-6)21-14-12(18)10(16)9(15)11(17)13(14)19;3-1(4)2(5)6/h6-8H,2-5H2,1H3;(H,3,4)(H,5,6)/t6-,7+,8+;. The molecular formula is C16H16F5NO5. The molecular weight excluding hydrogens is 381 g/mol. The highest BCUT2D eigenvalue weighted by atomic mass is 19.2. The molecule has 2 aliphatic rings. The Morgan fingerprint density at radius 1 is 0.852 bits per heavy atom. The summed E-state index contributed by atoms with van der Waals surface area (Å²) in [6.07, 6.45) is 2.42. The van der Waals surface area contributed by atoms with Gasteiger partial charge < -0.3 is 19.8 Å². The average Bonchev–Trinajstić information content (AvgIpc) is 2.83. The molecule has 1 aromatic rings. The van der Waals surface area contributed by atoms with Crippen molar-refractivity contribution in [3.8, 4) is 5.75 Å². The predicted molar refractivity (Wildman–Crippen MR) is 79.7 cm³/mol. The second-order valence-electron chi connectivity index (χ2n) is 6.27. The van der Waals surface area contributed by atoms with Gasteiger partial charge in [-0.3, -0.25) is 0 Å². The van der Waals surface area contributed by atoms with Crippen LogP contribution in [-0.2, 0) is 9.59 Å². The Balaban J connectivity index is 0.000000380. The molecule has 2 bridgehead atoms. The van der Waals surface area contributed by atoms with E-state index in [4.69, 9.17) is 24.5 Å². The number of piperidine rings is 1. The number of fused-ring (bicyclic) bond motifs is 2. The SMILES string of the molecule is CN1[C@@H]2CC[C@H]1C[C@@H](Oc1c(F)c(F)c(F)c(F)c1F)C2.O=C(O)C(=O)O. The van der Waals surface area contributed by atoms with Gasteiger partial charge in [-0.15, -0.1) is 0 Å². The quantitative estimate of drug-likeness (QED) is 0.345. The molecule has 2 saturated heterocycles. The fourth-order valence-corrected chi connectivity index (χ4v) is 3.31. The van der Waals surface area contributed by atoms with Crippen LogP contribution >= 0.6 is 0 Å². The maximum atomic E-state index is 13.6. The van der Waals surface area contributed by atoms with E-state index in [9.17, 15) is 22.0 Å². The Kier molecular flexibility index (Phi) is 6.24. The molecule has 0 saturated carbocycles. The zero-order chi connectivity index (χ0) is 20.5. The van der Waals surface area contributed by atoms with Gasteiger partial charge >= 0.3 is 11.9 Å². The van der Waals surface area contributed by atoms with E-state index in [0.717, 1.165) is 12.8 Å². The first-order chi connectivity index (χ1) is 12.5. The van der Waals surface area contributed by atoms with Gasteiger partial charge in [-0.1, -0.05) is 0 Å². The van der Waals surface area contributed by atoms with Crippen LogP contribution in [0, 0.1) is 29.1 Å². The summed E-state index contributed by atoms with van der Waals surface area (Å²) in [6.45, 7) is 0. The monoisotopic (exact) mass is 397 g/mol. The summed E-state index contributed by atoms with van der Waals surface area (Å²) in [4.78, 5) is 20.4. The molecule has 0 unspecified atom stereocenters. The smallest absolute Gasteiger partial charge is 0.414 e. The van der Waals surface area contributed by atoms with Crippen molar-refractivity contribution in [2.45, 2.75) is 43.9 Å². The Morgan fingerprint density at radius 2 is 1.22 bits per heavy atom. The fraction of sp³-hybridized carbons (Fsp3) is 0.500. The largest absolute Gasteiger partial charge is 0.484 e. The van der Waals surface area contributed by atoms with E-state index >= 15 is 0 Å². The lowest BCUT2D eigenvalue weighted by molar-refractivity contribution is -0.159. The minimum Gasteiger partial charge on any atom is -0.484 e. The number of hydrogen-bond acceptors (Lipinski definition) is 4. The van der Waals surface area contributed by atoms with E-state index in [1.165, 1.54) is 0 Å². The second kappa shape index (κ2) is 8.07. The van der Waals surface area contributed by atoms with Crippen LogP contribution in [0.1, 0.15) is 25.7 Å². The first-order valence-electron chi connectivity index (χ1n) is 7.90. The Labute approximate surface area is 150 Å². The molecule has 3 rings (SSSR count). The number of carboxylic acid groups (broad SMARTS) is 2. The van der Waals surface area contributed by atoms with Gasteiger partial charge in [-0.05, 0) is 32.7 Å². The molecule has 3 atom stereocenters.